The Kier molecular flexibility index (Phi) is 14.5. The van der Waals surface area contributed by atoms with Crippen molar-refractivity contribution >= 4 is 24.0 Å². The van der Waals surface area contributed by atoms with Crippen molar-refractivity contribution in [3.63, 3.8) is 0 Å². The van der Waals surface area contributed by atoms with Gasteiger partial charge in [0.15, 0.2) is 0 Å². The van der Waals surface area contributed by atoms with Crippen LogP contribution in [0.3, 0.4) is 0 Å². The van der Waals surface area contributed by atoms with Gasteiger partial charge in [-0.05, 0) is 50.4 Å². The van der Waals surface area contributed by atoms with Crippen molar-refractivity contribution in [3.05, 3.63) is 35.4 Å². The summed E-state index contributed by atoms with van der Waals surface area (Å²) in [6.45, 7) is 10.6. The number of hydrogen-bond donors (Lipinski definition) is 4. The van der Waals surface area contributed by atoms with E-state index in [4.69, 9.17) is 18.9 Å². The highest BCUT2D eigenvalue weighted by Crippen LogP contribution is 2.32. The Balaban J connectivity index is 1.15. The molecular weight excluding hydrogens is 648 g/mol. The largest absolute Gasteiger partial charge is 0.453 e. The van der Waals surface area contributed by atoms with Gasteiger partial charge < -0.3 is 49.3 Å². The number of nitrogens with one attached hydrogen (secondary N) is 4. The van der Waals surface area contributed by atoms with Crippen molar-refractivity contribution < 1.29 is 38.1 Å². The summed E-state index contributed by atoms with van der Waals surface area (Å²) in [6.07, 6.45) is 7.16. The van der Waals surface area contributed by atoms with E-state index >= 15 is 0 Å². The molecule has 4 atom stereocenters. The van der Waals surface area contributed by atoms with Gasteiger partial charge in [-0.25, -0.2) is 19.6 Å². The molecule has 278 valence electrons. The van der Waals surface area contributed by atoms with Crippen LogP contribution in [0.15, 0.2) is 12.4 Å². The highest BCUT2D eigenvalue weighted by Gasteiger charge is 2.38. The zero-order valence-electron chi connectivity index (χ0n) is 30.2. The number of hydrogen-bond acceptors (Lipinski definition) is 10. The molecule has 0 aliphatic carbocycles. The number of imidazole rings is 2. The minimum Gasteiger partial charge on any atom is -0.453 e. The number of likely N-dealkylation sites (tertiary alicyclic amines) is 2. The summed E-state index contributed by atoms with van der Waals surface area (Å²) in [5, 5.41) is 5.34. The second-order valence-electron chi connectivity index (χ2n) is 13.5. The van der Waals surface area contributed by atoms with E-state index in [0.29, 0.717) is 51.2 Å². The first-order valence-corrected chi connectivity index (χ1v) is 17.6. The molecule has 4 heterocycles. The Morgan fingerprint density at radius 1 is 0.740 bits per heavy atom. The molecule has 16 heteroatoms. The van der Waals surface area contributed by atoms with Crippen LogP contribution in [0.1, 0.15) is 101 Å². The Morgan fingerprint density at radius 3 is 1.50 bits per heavy atom. The number of amides is 4. The molecule has 16 nitrogen and oxygen atoms in total. The third-order valence-corrected chi connectivity index (χ3v) is 9.12. The number of unbranched alkanes of at least 4 members (excludes halogenated alkanes) is 1. The second kappa shape index (κ2) is 18.7. The van der Waals surface area contributed by atoms with E-state index < -0.39 is 24.3 Å². The number of nitrogens with zero attached hydrogens (tertiary/aromatic N) is 4. The average Bonchev–Trinajstić information content (AvgIpc) is 3.93. The summed E-state index contributed by atoms with van der Waals surface area (Å²) in [6, 6.07) is -1.73. The third kappa shape index (κ3) is 10.2. The van der Waals surface area contributed by atoms with Gasteiger partial charge in [0.05, 0.1) is 63.3 Å². The first-order chi connectivity index (χ1) is 24.0. The SMILES string of the molecule is COC(=O)N[C@H](C(=O)N1CCCC1c1ncc(COCCCCOCc2cnc([C@@H]3CCCN3C(=O)[C@@H](NC(=O)OC)C(C)C)[nH]2)[nH]1)C(C)C. The van der Waals surface area contributed by atoms with Crippen LogP contribution in [0.4, 0.5) is 9.59 Å². The number of carbonyl (C=O) groups excluding carboxylic acids is 4. The molecule has 50 heavy (non-hydrogen) atoms. The van der Waals surface area contributed by atoms with Crippen molar-refractivity contribution in [3.8, 4) is 0 Å². The van der Waals surface area contributed by atoms with Gasteiger partial charge in [-0.2, -0.15) is 0 Å². The Labute approximate surface area is 293 Å². The van der Waals surface area contributed by atoms with Crippen LogP contribution in [0.2, 0.25) is 0 Å². The smallest absolute Gasteiger partial charge is 0.407 e. The maximum absolute atomic E-state index is 13.3. The molecule has 0 spiro atoms. The van der Waals surface area contributed by atoms with Gasteiger partial charge in [0.25, 0.3) is 0 Å². The number of alkyl carbamates (subject to hydrolysis) is 2. The molecule has 2 aliphatic rings. The fourth-order valence-corrected chi connectivity index (χ4v) is 6.40. The molecular formula is C34H54N8O8. The van der Waals surface area contributed by atoms with E-state index in [1.54, 1.807) is 22.2 Å². The van der Waals surface area contributed by atoms with Crippen molar-refractivity contribution in [1.82, 2.24) is 40.4 Å². The Morgan fingerprint density at radius 2 is 1.14 bits per heavy atom. The summed E-state index contributed by atoms with van der Waals surface area (Å²) in [4.78, 5) is 69.6. The number of H-pyrrole nitrogens is 2. The number of ether oxygens (including phenoxy) is 4. The van der Waals surface area contributed by atoms with Crippen LogP contribution in [0.25, 0.3) is 0 Å². The van der Waals surface area contributed by atoms with Crippen LogP contribution in [-0.4, -0.2) is 106 Å². The van der Waals surface area contributed by atoms with Crippen molar-refractivity contribution in [2.24, 2.45) is 11.8 Å². The van der Waals surface area contributed by atoms with Crippen LogP contribution in [0.5, 0.6) is 0 Å². The molecule has 2 aromatic rings. The van der Waals surface area contributed by atoms with Crippen molar-refractivity contribution in [2.75, 3.05) is 40.5 Å². The molecule has 0 bridgehead atoms. The zero-order valence-corrected chi connectivity index (χ0v) is 30.2. The van der Waals surface area contributed by atoms with Gasteiger partial charge in [-0.15, -0.1) is 0 Å². The molecule has 2 fully saturated rings. The molecule has 4 rings (SSSR count). The number of methoxy groups -OCH3 is 2. The van der Waals surface area contributed by atoms with Gasteiger partial charge in [-0.1, -0.05) is 27.7 Å². The highest BCUT2D eigenvalue weighted by atomic mass is 16.5. The second-order valence-corrected chi connectivity index (χ2v) is 13.5. The van der Waals surface area contributed by atoms with Crippen molar-refractivity contribution in [1.29, 1.82) is 0 Å². The number of carbonyl (C=O) groups is 4. The molecule has 4 amide bonds. The molecule has 0 radical (unpaired) electrons. The maximum atomic E-state index is 13.3. The molecule has 2 saturated heterocycles. The van der Waals surface area contributed by atoms with Crippen molar-refractivity contribution in [2.45, 2.75) is 104 Å². The number of aromatic amines is 2. The molecule has 2 aromatic heterocycles. The van der Waals surface area contributed by atoms with E-state index in [1.807, 2.05) is 27.7 Å². The van der Waals surface area contributed by atoms with E-state index in [-0.39, 0.29) is 35.7 Å². The zero-order chi connectivity index (χ0) is 36.2. The fourth-order valence-electron chi connectivity index (χ4n) is 6.40. The normalized spacial score (nSPS) is 18.8. The van der Waals surface area contributed by atoms with Gasteiger partial charge in [0.1, 0.15) is 23.7 Å². The van der Waals surface area contributed by atoms with Crippen LogP contribution in [-0.2, 0) is 41.8 Å². The highest BCUT2D eigenvalue weighted by molar-refractivity contribution is 5.87. The number of rotatable bonds is 17. The Bertz CT molecular complexity index is 1310. The summed E-state index contributed by atoms with van der Waals surface area (Å²) >= 11 is 0. The van der Waals surface area contributed by atoms with E-state index in [0.717, 1.165) is 49.9 Å². The first kappa shape index (κ1) is 38.6. The quantitative estimate of drug-likeness (QED) is 0.177. The van der Waals surface area contributed by atoms with Gasteiger partial charge in [0.2, 0.25) is 11.8 Å². The maximum Gasteiger partial charge on any atom is 0.407 e. The molecule has 1 unspecified atom stereocenters. The topological polar surface area (TPSA) is 193 Å². The monoisotopic (exact) mass is 702 g/mol. The Hall–Kier alpha value is -4.18. The first-order valence-electron chi connectivity index (χ1n) is 17.6. The summed E-state index contributed by atoms with van der Waals surface area (Å²) in [5.41, 5.74) is 1.67. The summed E-state index contributed by atoms with van der Waals surface area (Å²) in [7, 11) is 2.56. The lowest BCUT2D eigenvalue weighted by Gasteiger charge is -2.30. The minimum atomic E-state index is -0.677. The standard InChI is InChI=1S/C34H54N8O8/c1-21(2)27(39-33(45)47-5)31(43)41-13-9-11-25(41)29-35-17-23(37-29)19-49-15-7-8-16-50-20-24-18-36-30(38-24)26-12-10-14-42(26)32(44)28(22(3)4)40-34(46)48-6/h17-18,21-22,25-28H,7-16,19-20H2,1-6H3,(H,35,37)(H,36,38)(H,39,45)(H,40,46)/t25-,26?,27-,28-/m0/s1. The molecule has 2 aliphatic heterocycles. The summed E-state index contributed by atoms with van der Waals surface area (Å²) in [5.74, 6) is 0.955. The minimum absolute atomic E-state index is 0.0957. The van der Waals surface area contributed by atoms with Crippen LogP contribution < -0.4 is 10.6 Å². The fraction of sp³-hybridized carbons (Fsp3) is 0.706. The number of aromatic nitrogens is 4. The van der Waals surface area contributed by atoms with E-state index in [2.05, 4.69) is 30.6 Å². The predicted molar refractivity (Wildman–Crippen MR) is 181 cm³/mol. The van der Waals surface area contributed by atoms with E-state index in [9.17, 15) is 19.2 Å². The van der Waals surface area contributed by atoms with Gasteiger partial charge in [-0.3, -0.25) is 9.59 Å². The van der Waals surface area contributed by atoms with E-state index in [1.165, 1.54) is 14.2 Å². The third-order valence-electron chi connectivity index (χ3n) is 9.12. The van der Waals surface area contributed by atoms with Gasteiger partial charge >= 0.3 is 12.2 Å². The van der Waals surface area contributed by atoms with Crippen LogP contribution in [0, 0.1) is 11.8 Å². The average molecular weight is 703 g/mol. The predicted octanol–water partition coefficient (Wildman–Crippen LogP) is 3.73. The molecule has 4 N–H and O–H groups in total. The lowest BCUT2D eigenvalue weighted by atomic mass is 10.0. The molecule has 0 saturated carbocycles. The lowest BCUT2D eigenvalue weighted by molar-refractivity contribution is -0.136. The van der Waals surface area contributed by atoms with Crippen LogP contribution >= 0.6 is 0 Å². The van der Waals surface area contributed by atoms with Gasteiger partial charge in [0, 0.05) is 26.3 Å². The molecule has 0 aromatic carbocycles. The lowest BCUT2D eigenvalue weighted by Crippen LogP contribution is -2.51. The summed E-state index contributed by atoms with van der Waals surface area (Å²) < 4.78 is 21.1.